The van der Waals surface area contributed by atoms with Crippen LogP contribution in [0, 0.1) is 5.92 Å². The summed E-state index contributed by atoms with van der Waals surface area (Å²) in [6, 6.07) is 10.2. The molecule has 5 nitrogen and oxygen atoms in total. The van der Waals surface area contributed by atoms with Crippen LogP contribution in [-0.4, -0.2) is 15.7 Å². The Morgan fingerprint density at radius 3 is 2.90 bits per heavy atom. The monoisotopic (exact) mass is 270 g/mol. The number of rotatable bonds is 4. The maximum atomic E-state index is 12.2. The van der Waals surface area contributed by atoms with Gasteiger partial charge in [0.05, 0.1) is 0 Å². The molecule has 1 aromatic carbocycles. The van der Waals surface area contributed by atoms with Crippen molar-refractivity contribution in [1.82, 2.24) is 9.78 Å². The van der Waals surface area contributed by atoms with Gasteiger partial charge in [-0.05, 0) is 17.9 Å². The quantitative estimate of drug-likeness (QED) is 0.886. The SMILES string of the molecule is Cn1cc(CN)c(NC(=O)C2CC2c2ccccc2)n1. The van der Waals surface area contributed by atoms with Crippen LogP contribution in [0.2, 0.25) is 0 Å². The molecule has 2 unspecified atom stereocenters. The van der Waals surface area contributed by atoms with Crippen molar-refractivity contribution in [3.8, 4) is 0 Å². The average molecular weight is 270 g/mol. The van der Waals surface area contributed by atoms with Gasteiger partial charge in [-0.15, -0.1) is 0 Å². The molecule has 1 aromatic heterocycles. The topological polar surface area (TPSA) is 72.9 Å². The summed E-state index contributed by atoms with van der Waals surface area (Å²) in [6.07, 6.45) is 2.73. The van der Waals surface area contributed by atoms with Gasteiger partial charge < -0.3 is 11.1 Å². The lowest BCUT2D eigenvalue weighted by molar-refractivity contribution is -0.117. The summed E-state index contributed by atoms with van der Waals surface area (Å²) in [7, 11) is 1.82. The third-order valence-electron chi connectivity index (χ3n) is 3.72. The number of aromatic nitrogens is 2. The van der Waals surface area contributed by atoms with Gasteiger partial charge in [0.15, 0.2) is 5.82 Å². The van der Waals surface area contributed by atoms with Crippen molar-refractivity contribution in [2.24, 2.45) is 18.7 Å². The van der Waals surface area contributed by atoms with Crippen molar-refractivity contribution in [1.29, 1.82) is 0 Å². The van der Waals surface area contributed by atoms with Crippen molar-refractivity contribution in [3.63, 3.8) is 0 Å². The van der Waals surface area contributed by atoms with Crippen molar-refractivity contribution < 1.29 is 4.79 Å². The summed E-state index contributed by atoms with van der Waals surface area (Å²) < 4.78 is 1.67. The molecule has 3 rings (SSSR count). The molecule has 1 aliphatic carbocycles. The standard InChI is InChI=1S/C15H18N4O/c1-19-9-11(8-16)14(18-19)17-15(20)13-7-12(13)10-5-3-2-4-6-10/h2-6,9,12-13H,7-8,16H2,1H3,(H,17,18,20). The highest BCUT2D eigenvalue weighted by atomic mass is 16.2. The maximum absolute atomic E-state index is 12.2. The van der Waals surface area contributed by atoms with E-state index in [9.17, 15) is 4.79 Å². The first-order chi connectivity index (χ1) is 9.69. The summed E-state index contributed by atoms with van der Waals surface area (Å²) in [6.45, 7) is 0.371. The highest BCUT2D eigenvalue weighted by molar-refractivity contribution is 5.95. The van der Waals surface area contributed by atoms with E-state index in [1.807, 2.05) is 31.4 Å². The molecule has 1 saturated carbocycles. The second-order valence-corrected chi connectivity index (χ2v) is 5.23. The molecule has 3 N–H and O–H groups in total. The van der Waals surface area contributed by atoms with E-state index in [0.29, 0.717) is 18.3 Å². The van der Waals surface area contributed by atoms with Gasteiger partial charge in [0.1, 0.15) is 0 Å². The molecular formula is C15H18N4O. The van der Waals surface area contributed by atoms with Gasteiger partial charge in [-0.1, -0.05) is 30.3 Å². The lowest BCUT2D eigenvalue weighted by atomic mass is 10.1. The number of carbonyl (C=O) groups excluding carboxylic acids is 1. The number of amides is 1. The van der Waals surface area contributed by atoms with E-state index < -0.39 is 0 Å². The summed E-state index contributed by atoms with van der Waals surface area (Å²) >= 11 is 0. The van der Waals surface area contributed by atoms with Crippen molar-refractivity contribution in [3.05, 3.63) is 47.7 Å². The molecule has 1 aliphatic rings. The van der Waals surface area contributed by atoms with Crippen LogP contribution in [0.15, 0.2) is 36.5 Å². The zero-order valence-corrected chi connectivity index (χ0v) is 11.4. The van der Waals surface area contributed by atoms with E-state index >= 15 is 0 Å². The largest absolute Gasteiger partial charge is 0.326 e. The molecule has 20 heavy (non-hydrogen) atoms. The molecule has 0 bridgehead atoms. The fourth-order valence-corrected chi connectivity index (χ4v) is 2.55. The highest BCUT2D eigenvalue weighted by Gasteiger charge is 2.44. The molecule has 5 heteroatoms. The number of hydrogen-bond donors (Lipinski definition) is 2. The number of anilines is 1. The van der Waals surface area contributed by atoms with E-state index in [-0.39, 0.29) is 11.8 Å². The van der Waals surface area contributed by atoms with Crippen LogP contribution in [0.5, 0.6) is 0 Å². The van der Waals surface area contributed by atoms with Crippen molar-refractivity contribution >= 4 is 11.7 Å². The second-order valence-electron chi connectivity index (χ2n) is 5.23. The minimum atomic E-state index is 0.0345. The maximum Gasteiger partial charge on any atom is 0.229 e. The summed E-state index contributed by atoms with van der Waals surface area (Å²) in [5.41, 5.74) is 7.73. The average Bonchev–Trinajstić information content (AvgIpc) is 3.18. The molecule has 0 aliphatic heterocycles. The smallest absolute Gasteiger partial charge is 0.229 e. The summed E-state index contributed by atoms with van der Waals surface area (Å²) in [4.78, 5) is 12.2. The Kier molecular flexibility index (Phi) is 3.28. The number of hydrogen-bond acceptors (Lipinski definition) is 3. The van der Waals surface area contributed by atoms with Gasteiger partial charge in [0, 0.05) is 31.3 Å². The Labute approximate surface area is 117 Å². The number of aryl methyl sites for hydroxylation is 1. The van der Waals surface area contributed by atoms with Gasteiger partial charge in [0.2, 0.25) is 5.91 Å². The number of nitrogens with one attached hydrogen (secondary N) is 1. The minimum Gasteiger partial charge on any atom is -0.326 e. The van der Waals surface area contributed by atoms with Gasteiger partial charge in [0.25, 0.3) is 0 Å². The third-order valence-corrected chi connectivity index (χ3v) is 3.72. The molecule has 1 heterocycles. The molecule has 2 atom stereocenters. The Balaban J connectivity index is 1.67. The van der Waals surface area contributed by atoms with Crippen LogP contribution in [0.3, 0.4) is 0 Å². The molecule has 104 valence electrons. The van der Waals surface area contributed by atoms with E-state index in [1.54, 1.807) is 4.68 Å². The van der Waals surface area contributed by atoms with E-state index in [0.717, 1.165) is 12.0 Å². The number of nitrogens with zero attached hydrogens (tertiary/aromatic N) is 2. The van der Waals surface area contributed by atoms with E-state index in [4.69, 9.17) is 5.73 Å². The van der Waals surface area contributed by atoms with Gasteiger partial charge in [-0.2, -0.15) is 5.10 Å². The first-order valence-corrected chi connectivity index (χ1v) is 6.77. The molecular weight excluding hydrogens is 252 g/mol. The van der Waals surface area contributed by atoms with Gasteiger partial charge in [-0.25, -0.2) is 0 Å². The lowest BCUT2D eigenvalue weighted by Gasteiger charge is -2.03. The van der Waals surface area contributed by atoms with Crippen molar-refractivity contribution in [2.75, 3.05) is 5.32 Å². The molecule has 1 fully saturated rings. The fourth-order valence-electron chi connectivity index (χ4n) is 2.55. The Morgan fingerprint density at radius 2 is 2.20 bits per heavy atom. The molecule has 0 spiro atoms. The highest BCUT2D eigenvalue weighted by Crippen LogP contribution is 2.47. The predicted octanol–water partition coefficient (Wildman–Crippen LogP) is 1.62. The Morgan fingerprint density at radius 1 is 1.45 bits per heavy atom. The van der Waals surface area contributed by atoms with Gasteiger partial charge in [-0.3, -0.25) is 9.48 Å². The van der Waals surface area contributed by atoms with Crippen LogP contribution in [-0.2, 0) is 18.4 Å². The fraction of sp³-hybridized carbons (Fsp3) is 0.333. The zero-order valence-electron chi connectivity index (χ0n) is 11.4. The first-order valence-electron chi connectivity index (χ1n) is 6.77. The van der Waals surface area contributed by atoms with Crippen LogP contribution < -0.4 is 11.1 Å². The summed E-state index contributed by atoms with van der Waals surface area (Å²) in [5.74, 6) is 0.997. The minimum absolute atomic E-state index is 0.0345. The first kappa shape index (κ1) is 12.9. The summed E-state index contributed by atoms with van der Waals surface area (Å²) in [5, 5.41) is 7.13. The van der Waals surface area contributed by atoms with Gasteiger partial charge >= 0.3 is 0 Å². The van der Waals surface area contributed by atoms with Crippen LogP contribution >= 0.6 is 0 Å². The second kappa shape index (κ2) is 5.09. The lowest BCUT2D eigenvalue weighted by Crippen LogP contribution is -2.16. The van der Waals surface area contributed by atoms with Crippen LogP contribution in [0.4, 0.5) is 5.82 Å². The Hall–Kier alpha value is -2.14. The van der Waals surface area contributed by atoms with E-state index in [2.05, 4.69) is 22.5 Å². The molecule has 2 aromatic rings. The zero-order chi connectivity index (χ0) is 14.1. The number of benzene rings is 1. The molecule has 0 saturated heterocycles. The number of carbonyl (C=O) groups is 1. The Bertz CT molecular complexity index is 620. The van der Waals surface area contributed by atoms with Crippen LogP contribution in [0.1, 0.15) is 23.5 Å². The molecule has 0 radical (unpaired) electrons. The van der Waals surface area contributed by atoms with Crippen LogP contribution in [0.25, 0.3) is 0 Å². The predicted molar refractivity (Wildman–Crippen MR) is 77.0 cm³/mol. The normalized spacial score (nSPS) is 20.7. The van der Waals surface area contributed by atoms with E-state index in [1.165, 1.54) is 5.56 Å². The molecule has 1 amide bonds. The third kappa shape index (κ3) is 2.44. The van der Waals surface area contributed by atoms with Crippen molar-refractivity contribution in [2.45, 2.75) is 18.9 Å². The number of nitrogens with two attached hydrogens (primary N) is 1.